The van der Waals surface area contributed by atoms with Gasteiger partial charge in [0.2, 0.25) is 0 Å². The molecule has 1 amide bonds. The number of nitrogens with zero attached hydrogens (tertiary/aromatic N) is 3. The van der Waals surface area contributed by atoms with Crippen LogP contribution in [0.3, 0.4) is 0 Å². The van der Waals surface area contributed by atoms with Gasteiger partial charge in [0.1, 0.15) is 5.15 Å². The molecule has 1 aromatic heterocycles. The summed E-state index contributed by atoms with van der Waals surface area (Å²) in [6.07, 6.45) is 1.40. The van der Waals surface area contributed by atoms with Crippen LogP contribution in [0.2, 0.25) is 5.15 Å². The number of carbonyl (C=O) groups is 2. The predicted octanol–water partition coefficient (Wildman–Crippen LogP) is 0.0283. The third kappa shape index (κ3) is 4.66. The van der Waals surface area contributed by atoms with Crippen molar-refractivity contribution in [2.75, 3.05) is 45.9 Å². The van der Waals surface area contributed by atoms with Crippen molar-refractivity contribution in [1.82, 2.24) is 14.8 Å². The SMILES string of the molecule is O=C(OCC(=O)N1CCN(CCO)CC1)c1ccnc(Cl)c1. The first-order valence-electron chi connectivity index (χ1n) is 7.00. The van der Waals surface area contributed by atoms with Crippen LogP contribution in [-0.4, -0.2) is 77.7 Å². The molecule has 0 bridgehead atoms. The molecule has 0 atom stereocenters. The Kier molecular flexibility index (Phi) is 6.11. The second kappa shape index (κ2) is 8.07. The Labute approximate surface area is 133 Å². The van der Waals surface area contributed by atoms with Gasteiger partial charge in [-0.05, 0) is 12.1 Å². The molecule has 1 aromatic rings. The Hall–Kier alpha value is -1.70. The first kappa shape index (κ1) is 16.7. The number of aromatic nitrogens is 1. The highest BCUT2D eigenvalue weighted by Crippen LogP contribution is 2.09. The van der Waals surface area contributed by atoms with Gasteiger partial charge in [0.25, 0.3) is 5.91 Å². The molecule has 0 aromatic carbocycles. The monoisotopic (exact) mass is 327 g/mol. The summed E-state index contributed by atoms with van der Waals surface area (Å²) in [6.45, 7) is 2.98. The van der Waals surface area contributed by atoms with Crippen LogP contribution in [-0.2, 0) is 9.53 Å². The first-order chi connectivity index (χ1) is 10.6. The third-order valence-corrected chi connectivity index (χ3v) is 3.64. The van der Waals surface area contributed by atoms with Gasteiger partial charge in [-0.2, -0.15) is 0 Å². The fraction of sp³-hybridized carbons (Fsp3) is 0.500. The lowest BCUT2D eigenvalue weighted by atomic mass is 10.3. The molecule has 1 aliphatic rings. The number of hydrogen-bond donors (Lipinski definition) is 1. The van der Waals surface area contributed by atoms with Gasteiger partial charge in [-0.1, -0.05) is 11.6 Å². The number of esters is 1. The maximum Gasteiger partial charge on any atom is 0.338 e. The van der Waals surface area contributed by atoms with E-state index >= 15 is 0 Å². The molecule has 1 fully saturated rings. The molecule has 22 heavy (non-hydrogen) atoms. The van der Waals surface area contributed by atoms with Crippen molar-refractivity contribution in [1.29, 1.82) is 0 Å². The number of pyridine rings is 1. The van der Waals surface area contributed by atoms with Crippen LogP contribution in [0, 0.1) is 0 Å². The van der Waals surface area contributed by atoms with Crippen LogP contribution in [0.1, 0.15) is 10.4 Å². The number of amides is 1. The highest BCUT2D eigenvalue weighted by Gasteiger charge is 2.21. The Bertz CT molecular complexity index is 533. The summed E-state index contributed by atoms with van der Waals surface area (Å²) in [5.41, 5.74) is 0.264. The van der Waals surface area contributed by atoms with Crippen LogP contribution in [0.5, 0.6) is 0 Å². The smallest absolute Gasteiger partial charge is 0.338 e. The number of carbonyl (C=O) groups excluding carboxylic acids is 2. The summed E-state index contributed by atoms with van der Waals surface area (Å²) >= 11 is 5.70. The minimum absolute atomic E-state index is 0.111. The number of halogens is 1. The molecule has 0 unspecified atom stereocenters. The van der Waals surface area contributed by atoms with E-state index < -0.39 is 5.97 Å². The number of ether oxygens (including phenoxy) is 1. The lowest BCUT2D eigenvalue weighted by Crippen LogP contribution is -2.50. The van der Waals surface area contributed by atoms with E-state index in [9.17, 15) is 9.59 Å². The van der Waals surface area contributed by atoms with Gasteiger partial charge < -0.3 is 14.7 Å². The normalized spacial score (nSPS) is 15.6. The summed E-state index contributed by atoms with van der Waals surface area (Å²) < 4.78 is 5.00. The molecule has 120 valence electrons. The second-order valence-electron chi connectivity index (χ2n) is 4.89. The third-order valence-electron chi connectivity index (χ3n) is 3.43. The van der Waals surface area contributed by atoms with E-state index in [4.69, 9.17) is 21.4 Å². The molecule has 1 saturated heterocycles. The average molecular weight is 328 g/mol. The number of aliphatic hydroxyl groups is 1. The van der Waals surface area contributed by atoms with Crippen LogP contribution in [0.25, 0.3) is 0 Å². The molecule has 7 nitrogen and oxygen atoms in total. The molecule has 0 radical (unpaired) electrons. The first-order valence-corrected chi connectivity index (χ1v) is 7.37. The summed E-state index contributed by atoms with van der Waals surface area (Å²) in [7, 11) is 0. The van der Waals surface area contributed by atoms with E-state index in [1.165, 1.54) is 18.3 Å². The van der Waals surface area contributed by atoms with Gasteiger partial charge in [-0.3, -0.25) is 9.69 Å². The Morgan fingerprint density at radius 3 is 2.68 bits per heavy atom. The van der Waals surface area contributed by atoms with Crippen molar-refractivity contribution in [3.8, 4) is 0 Å². The van der Waals surface area contributed by atoms with Crippen LogP contribution >= 0.6 is 11.6 Å². The van der Waals surface area contributed by atoms with Gasteiger partial charge in [-0.15, -0.1) is 0 Å². The molecule has 2 rings (SSSR count). The van der Waals surface area contributed by atoms with Gasteiger partial charge in [-0.25, -0.2) is 9.78 Å². The van der Waals surface area contributed by atoms with Crippen LogP contribution < -0.4 is 0 Å². The molecule has 0 saturated carbocycles. The molecule has 0 spiro atoms. The second-order valence-corrected chi connectivity index (χ2v) is 5.28. The van der Waals surface area contributed by atoms with E-state index in [1.807, 2.05) is 0 Å². The number of β-amino-alcohol motifs (C(OH)–C–C–N with tert-alkyl or cyclic N) is 1. The number of piperazine rings is 1. The van der Waals surface area contributed by atoms with Crippen LogP contribution in [0.4, 0.5) is 0 Å². The lowest BCUT2D eigenvalue weighted by molar-refractivity contribution is -0.136. The minimum Gasteiger partial charge on any atom is -0.452 e. The van der Waals surface area contributed by atoms with Crippen molar-refractivity contribution in [3.05, 3.63) is 29.0 Å². The largest absolute Gasteiger partial charge is 0.452 e. The number of aliphatic hydroxyl groups excluding tert-OH is 1. The molecule has 0 aliphatic carbocycles. The quantitative estimate of drug-likeness (QED) is 0.607. The minimum atomic E-state index is -0.600. The lowest BCUT2D eigenvalue weighted by Gasteiger charge is -2.34. The number of rotatable bonds is 5. The van der Waals surface area contributed by atoms with Crippen LogP contribution in [0.15, 0.2) is 18.3 Å². The Balaban J connectivity index is 1.77. The van der Waals surface area contributed by atoms with E-state index in [2.05, 4.69) is 9.88 Å². The zero-order valence-electron chi connectivity index (χ0n) is 12.1. The number of hydrogen-bond acceptors (Lipinski definition) is 6. The van der Waals surface area contributed by atoms with E-state index in [0.717, 1.165) is 0 Å². The molecular weight excluding hydrogens is 310 g/mol. The topological polar surface area (TPSA) is 83.0 Å². The van der Waals surface area contributed by atoms with Crippen molar-refractivity contribution in [3.63, 3.8) is 0 Å². The molecular formula is C14H18ClN3O4. The van der Waals surface area contributed by atoms with Crippen molar-refractivity contribution in [2.24, 2.45) is 0 Å². The van der Waals surface area contributed by atoms with Crippen molar-refractivity contribution < 1.29 is 19.4 Å². The fourth-order valence-electron chi connectivity index (χ4n) is 2.19. The van der Waals surface area contributed by atoms with Gasteiger partial charge in [0.15, 0.2) is 6.61 Å². The van der Waals surface area contributed by atoms with E-state index in [0.29, 0.717) is 32.7 Å². The van der Waals surface area contributed by atoms with Crippen molar-refractivity contribution >= 4 is 23.5 Å². The Morgan fingerprint density at radius 2 is 2.05 bits per heavy atom. The summed E-state index contributed by atoms with van der Waals surface area (Å²) in [5.74, 6) is -0.825. The van der Waals surface area contributed by atoms with E-state index in [1.54, 1.807) is 4.90 Å². The van der Waals surface area contributed by atoms with E-state index in [-0.39, 0.29) is 29.8 Å². The predicted molar refractivity (Wildman–Crippen MR) is 79.6 cm³/mol. The summed E-state index contributed by atoms with van der Waals surface area (Å²) in [4.78, 5) is 31.3. The van der Waals surface area contributed by atoms with Crippen molar-refractivity contribution in [2.45, 2.75) is 0 Å². The van der Waals surface area contributed by atoms with Gasteiger partial charge in [0.05, 0.1) is 12.2 Å². The molecule has 1 aliphatic heterocycles. The zero-order chi connectivity index (χ0) is 15.9. The Morgan fingerprint density at radius 1 is 1.32 bits per heavy atom. The summed E-state index contributed by atoms with van der Waals surface area (Å²) in [6, 6.07) is 2.87. The molecule has 8 heteroatoms. The zero-order valence-corrected chi connectivity index (χ0v) is 12.8. The molecule has 2 heterocycles. The maximum absolute atomic E-state index is 12.0. The molecule has 1 N–H and O–H groups in total. The maximum atomic E-state index is 12.0. The summed E-state index contributed by atoms with van der Waals surface area (Å²) in [5, 5.41) is 9.07. The van der Waals surface area contributed by atoms with Gasteiger partial charge >= 0.3 is 5.97 Å². The van der Waals surface area contributed by atoms with Gasteiger partial charge in [0, 0.05) is 38.9 Å². The standard InChI is InChI=1S/C14H18ClN3O4/c15-12-9-11(1-2-16-12)14(21)22-10-13(20)18-5-3-17(4-6-18)7-8-19/h1-2,9,19H,3-8,10H2. The fourth-order valence-corrected chi connectivity index (χ4v) is 2.37. The highest BCUT2D eigenvalue weighted by atomic mass is 35.5. The average Bonchev–Trinajstić information content (AvgIpc) is 2.53. The highest BCUT2D eigenvalue weighted by molar-refractivity contribution is 6.29.